The van der Waals surface area contributed by atoms with Crippen LogP contribution >= 0.6 is 0 Å². The van der Waals surface area contributed by atoms with E-state index in [-0.39, 0.29) is 23.0 Å². The first-order chi connectivity index (χ1) is 12.0. The maximum absolute atomic E-state index is 13.1. The SMILES string of the molecule is COc1cccc(CCN(C2=COC(C)(C)OC2)S(=O)(=O)C(F)(F)F)c1. The van der Waals surface area contributed by atoms with Crippen LogP contribution in [0.5, 0.6) is 5.75 Å². The number of rotatable bonds is 6. The lowest BCUT2D eigenvalue weighted by atomic mass is 10.1. The molecule has 0 atom stereocenters. The first-order valence-electron chi connectivity index (χ1n) is 7.69. The van der Waals surface area contributed by atoms with Crippen molar-refractivity contribution in [2.45, 2.75) is 31.6 Å². The normalized spacial score (nSPS) is 17.2. The number of sulfonamides is 1. The molecular formula is C16H20F3NO5S. The van der Waals surface area contributed by atoms with Crippen LogP contribution in [0.15, 0.2) is 36.2 Å². The Balaban J connectivity index is 2.28. The molecule has 10 heteroatoms. The summed E-state index contributed by atoms with van der Waals surface area (Å²) < 4.78 is 79.0. The zero-order chi connectivity index (χ0) is 19.6. The first-order valence-corrected chi connectivity index (χ1v) is 9.13. The predicted octanol–water partition coefficient (Wildman–Crippen LogP) is 3.01. The zero-order valence-corrected chi connectivity index (χ0v) is 15.4. The molecule has 0 saturated heterocycles. The van der Waals surface area contributed by atoms with Crippen molar-refractivity contribution in [2.75, 3.05) is 20.3 Å². The smallest absolute Gasteiger partial charge is 0.497 e. The molecule has 0 fully saturated rings. The largest absolute Gasteiger partial charge is 0.516 e. The summed E-state index contributed by atoms with van der Waals surface area (Å²) in [6, 6.07) is 6.66. The fraction of sp³-hybridized carbons (Fsp3) is 0.500. The lowest BCUT2D eigenvalue weighted by molar-refractivity contribution is -0.192. The number of benzene rings is 1. The minimum atomic E-state index is -5.59. The van der Waals surface area contributed by atoms with Crippen molar-refractivity contribution in [3.05, 3.63) is 41.8 Å². The molecule has 0 radical (unpaired) electrons. The Morgan fingerprint density at radius 3 is 2.54 bits per heavy atom. The van der Waals surface area contributed by atoms with Crippen molar-refractivity contribution in [1.82, 2.24) is 4.31 Å². The minimum Gasteiger partial charge on any atom is -0.497 e. The Bertz CT molecular complexity index is 774. The van der Waals surface area contributed by atoms with Gasteiger partial charge in [-0.15, -0.1) is 0 Å². The van der Waals surface area contributed by atoms with E-state index in [9.17, 15) is 21.6 Å². The molecule has 0 aromatic heterocycles. The second kappa shape index (κ2) is 7.36. The maximum atomic E-state index is 13.1. The molecule has 0 aliphatic carbocycles. The van der Waals surface area contributed by atoms with E-state index in [2.05, 4.69) is 0 Å². The fourth-order valence-corrected chi connectivity index (χ4v) is 3.24. The third-order valence-electron chi connectivity index (χ3n) is 3.69. The molecule has 1 aliphatic heterocycles. The molecule has 26 heavy (non-hydrogen) atoms. The summed E-state index contributed by atoms with van der Waals surface area (Å²) in [6.45, 7) is 2.40. The van der Waals surface area contributed by atoms with Crippen LogP contribution in [0.1, 0.15) is 19.4 Å². The predicted molar refractivity (Wildman–Crippen MR) is 87.6 cm³/mol. The highest BCUT2D eigenvalue weighted by molar-refractivity contribution is 7.90. The van der Waals surface area contributed by atoms with Crippen LogP contribution < -0.4 is 4.74 Å². The molecule has 1 heterocycles. The molecular weight excluding hydrogens is 375 g/mol. The molecule has 1 aliphatic rings. The number of halogens is 3. The monoisotopic (exact) mass is 395 g/mol. The van der Waals surface area contributed by atoms with Crippen LogP contribution in [-0.2, 0) is 25.9 Å². The van der Waals surface area contributed by atoms with Gasteiger partial charge in [0, 0.05) is 20.4 Å². The lowest BCUT2D eigenvalue weighted by Gasteiger charge is -2.34. The van der Waals surface area contributed by atoms with E-state index in [4.69, 9.17) is 14.2 Å². The van der Waals surface area contributed by atoms with Crippen molar-refractivity contribution in [1.29, 1.82) is 0 Å². The van der Waals surface area contributed by atoms with Crippen LogP contribution in [0.3, 0.4) is 0 Å². The molecule has 0 unspecified atom stereocenters. The summed E-state index contributed by atoms with van der Waals surface area (Å²) in [5.74, 6) is -0.512. The molecule has 0 bridgehead atoms. The van der Waals surface area contributed by atoms with Gasteiger partial charge >= 0.3 is 15.5 Å². The summed E-state index contributed by atoms with van der Waals surface area (Å²) in [7, 11) is -4.13. The molecule has 146 valence electrons. The molecule has 6 nitrogen and oxygen atoms in total. The zero-order valence-electron chi connectivity index (χ0n) is 14.5. The van der Waals surface area contributed by atoms with Crippen LogP contribution in [0.2, 0.25) is 0 Å². The van der Waals surface area contributed by atoms with Crippen LogP contribution in [-0.4, -0.2) is 44.3 Å². The number of nitrogens with zero attached hydrogens (tertiary/aromatic N) is 1. The summed E-state index contributed by atoms with van der Waals surface area (Å²) in [5.41, 5.74) is -5.02. The van der Waals surface area contributed by atoms with Gasteiger partial charge in [0.05, 0.1) is 19.4 Å². The van der Waals surface area contributed by atoms with Gasteiger partial charge in [0.25, 0.3) is 0 Å². The standard InChI is InChI=1S/C16H20F3NO5S/c1-15(2)24-10-13(11-25-15)20(26(21,22)16(17,18)19)8-7-12-5-4-6-14(9-12)23-3/h4-6,9-10H,7-8,11H2,1-3H3. The third kappa shape index (κ3) is 4.61. The average Bonchev–Trinajstić information content (AvgIpc) is 2.55. The van der Waals surface area contributed by atoms with Crippen molar-refractivity contribution >= 4 is 10.0 Å². The molecule has 2 rings (SSSR count). The quantitative estimate of drug-likeness (QED) is 0.741. The highest BCUT2D eigenvalue weighted by atomic mass is 32.2. The summed E-state index contributed by atoms with van der Waals surface area (Å²) >= 11 is 0. The number of hydrogen-bond donors (Lipinski definition) is 0. The van der Waals surface area contributed by atoms with E-state index in [1.165, 1.54) is 7.11 Å². The number of ether oxygens (including phenoxy) is 3. The van der Waals surface area contributed by atoms with Gasteiger partial charge in [-0.2, -0.15) is 21.6 Å². The van der Waals surface area contributed by atoms with E-state index in [1.54, 1.807) is 38.1 Å². The Kier molecular flexibility index (Phi) is 5.76. The van der Waals surface area contributed by atoms with E-state index < -0.39 is 27.9 Å². The minimum absolute atomic E-state index is 0.0489. The number of methoxy groups -OCH3 is 1. The van der Waals surface area contributed by atoms with Crippen LogP contribution in [0, 0.1) is 0 Å². The van der Waals surface area contributed by atoms with Gasteiger partial charge < -0.3 is 14.2 Å². The van der Waals surface area contributed by atoms with Crippen molar-refractivity contribution in [3.8, 4) is 5.75 Å². The van der Waals surface area contributed by atoms with Gasteiger partial charge in [0.2, 0.25) is 5.79 Å². The topological polar surface area (TPSA) is 65.1 Å². The third-order valence-corrected chi connectivity index (χ3v) is 5.27. The van der Waals surface area contributed by atoms with E-state index in [0.29, 0.717) is 11.3 Å². The van der Waals surface area contributed by atoms with Gasteiger partial charge in [-0.25, -0.2) is 0 Å². The number of alkyl halides is 3. The fourth-order valence-electron chi connectivity index (χ4n) is 2.26. The second-order valence-electron chi connectivity index (χ2n) is 6.04. The van der Waals surface area contributed by atoms with E-state index >= 15 is 0 Å². The van der Waals surface area contributed by atoms with E-state index in [0.717, 1.165) is 6.26 Å². The molecule has 1 aromatic carbocycles. The number of hydrogen-bond acceptors (Lipinski definition) is 5. The van der Waals surface area contributed by atoms with Gasteiger partial charge in [-0.05, 0) is 24.1 Å². The van der Waals surface area contributed by atoms with E-state index in [1.807, 2.05) is 0 Å². The van der Waals surface area contributed by atoms with Crippen LogP contribution in [0.4, 0.5) is 13.2 Å². The van der Waals surface area contributed by atoms with Crippen LogP contribution in [0.25, 0.3) is 0 Å². The highest BCUT2D eigenvalue weighted by Crippen LogP contribution is 2.32. The molecule has 0 saturated carbocycles. The van der Waals surface area contributed by atoms with Crippen molar-refractivity contribution in [2.24, 2.45) is 0 Å². The van der Waals surface area contributed by atoms with Gasteiger partial charge in [-0.1, -0.05) is 12.1 Å². The van der Waals surface area contributed by atoms with Gasteiger partial charge in [0.1, 0.15) is 12.0 Å². The Morgan fingerprint density at radius 2 is 2.00 bits per heavy atom. The molecule has 0 amide bonds. The molecule has 0 spiro atoms. The van der Waals surface area contributed by atoms with Crippen molar-refractivity contribution < 1.29 is 35.8 Å². The summed E-state index contributed by atoms with van der Waals surface area (Å²) in [6.07, 6.45) is 1.05. The summed E-state index contributed by atoms with van der Waals surface area (Å²) in [4.78, 5) is 0. The Hall–Kier alpha value is -1.94. The highest BCUT2D eigenvalue weighted by Gasteiger charge is 2.51. The molecule has 1 aromatic rings. The second-order valence-corrected chi connectivity index (χ2v) is 7.89. The van der Waals surface area contributed by atoms with Gasteiger partial charge in [0.15, 0.2) is 0 Å². The van der Waals surface area contributed by atoms with Gasteiger partial charge in [-0.3, -0.25) is 4.31 Å². The summed E-state index contributed by atoms with van der Waals surface area (Å²) in [5, 5.41) is 0. The molecule has 0 N–H and O–H groups in total. The maximum Gasteiger partial charge on any atom is 0.516 e. The average molecular weight is 395 g/mol. The van der Waals surface area contributed by atoms with Crippen molar-refractivity contribution in [3.63, 3.8) is 0 Å². The lowest BCUT2D eigenvalue weighted by Crippen LogP contribution is -2.44. The Labute approximate surface area is 150 Å². The Morgan fingerprint density at radius 1 is 1.31 bits per heavy atom. The first kappa shape index (κ1) is 20.4.